The lowest BCUT2D eigenvalue weighted by atomic mass is 9.98. The minimum Gasteiger partial charge on any atom is -0.349 e. The normalized spacial score (nSPS) is 19.9. The molecule has 44 heavy (non-hydrogen) atoms. The second-order valence-electron chi connectivity index (χ2n) is 12.4. The first-order chi connectivity index (χ1) is 21.1. The molecule has 2 aromatic heterocycles. The van der Waals surface area contributed by atoms with Crippen molar-refractivity contribution in [3.8, 4) is 0 Å². The van der Waals surface area contributed by atoms with Crippen LogP contribution in [-0.2, 0) is 19.6 Å². The summed E-state index contributed by atoms with van der Waals surface area (Å²) in [6.07, 6.45) is 8.59. The van der Waals surface area contributed by atoms with E-state index in [1.54, 1.807) is 35.5 Å². The number of likely N-dealkylation sites (tertiary alicyclic amines) is 1. The summed E-state index contributed by atoms with van der Waals surface area (Å²) in [5.41, 5.74) is 2.60. The Labute approximate surface area is 257 Å². The molecule has 232 valence electrons. The summed E-state index contributed by atoms with van der Waals surface area (Å²) in [7, 11) is -3.92. The molecule has 1 aliphatic heterocycles. The molecule has 0 bridgehead atoms. The van der Waals surface area contributed by atoms with Gasteiger partial charge in [-0.05, 0) is 67.0 Å². The molecule has 1 saturated carbocycles. The number of hydrogen-bond donors (Lipinski definition) is 3. The summed E-state index contributed by atoms with van der Waals surface area (Å²) in [5, 5.41) is 7.36. The van der Waals surface area contributed by atoms with Crippen LogP contribution in [-0.4, -0.2) is 60.6 Å². The molecule has 3 N–H and O–H groups in total. The van der Waals surface area contributed by atoms with E-state index < -0.39 is 22.1 Å². The molecule has 2 fully saturated rings. The van der Waals surface area contributed by atoms with Gasteiger partial charge in [-0.25, -0.2) is 13.1 Å². The van der Waals surface area contributed by atoms with Crippen molar-refractivity contribution in [3.63, 3.8) is 0 Å². The number of benzene rings is 1. The first-order valence-corrected chi connectivity index (χ1v) is 16.8. The minimum atomic E-state index is -3.92. The number of sulfonamides is 1. The average Bonchev–Trinajstić information content (AvgIpc) is 3.70. The average molecular weight is 619 g/mol. The summed E-state index contributed by atoms with van der Waals surface area (Å²) < 4.78 is 30.3. The number of amides is 3. The number of pyridine rings is 2. The van der Waals surface area contributed by atoms with Crippen LogP contribution in [0.3, 0.4) is 0 Å². The largest absolute Gasteiger partial charge is 0.349 e. The van der Waals surface area contributed by atoms with Crippen LogP contribution < -0.4 is 15.4 Å². The molecule has 2 atom stereocenters. The summed E-state index contributed by atoms with van der Waals surface area (Å²) >= 11 is 0. The summed E-state index contributed by atoms with van der Waals surface area (Å²) in [6, 6.07) is 5.79. The zero-order chi connectivity index (χ0) is 31.0. The molecule has 2 aliphatic carbocycles. The molecule has 0 radical (unpaired) electrons. The van der Waals surface area contributed by atoms with Crippen molar-refractivity contribution in [3.05, 3.63) is 65.2 Å². The van der Waals surface area contributed by atoms with Gasteiger partial charge < -0.3 is 15.5 Å². The van der Waals surface area contributed by atoms with Crippen molar-refractivity contribution in [1.82, 2.24) is 30.2 Å². The van der Waals surface area contributed by atoms with Gasteiger partial charge in [-0.15, -0.1) is 0 Å². The van der Waals surface area contributed by atoms with Gasteiger partial charge in [0, 0.05) is 73.5 Å². The predicted molar refractivity (Wildman–Crippen MR) is 164 cm³/mol. The van der Waals surface area contributed by atoms with Crippen molar-refractivity contribution in [1.29, 1.82) is 0 Å². The molecule has 1 aromatic carbocycles. The Bertz CT molecular complexity index is 1710. The standard InChI is InChI=1S/C32H38N6O5S/c1-19(2)16-35-44(42,43)28-14-23-26(37-32(41)21-5-3-10-33-17-21)15-27(36-29(39)9-12-38-11-4-6-30(38)40)31(23)24-18-34-25(13-22(24)28)20-7-8-20/h3,5,10,13-14,17-20,26-27,35H,4,6-9,11-12,15-16H2,1-2H3,(H,36,39)(H,37,41)/t26-,27-/m1/s1. The number of aromatic nitrogens is 2. The van der Waals surface area contributed by atoms with E-state index in [9.17, 15) is 22.8 Å². The molecular formula is C32H38N6O5S. The van der Waals surface area contributed by atoms with Crippen LogP contribution in [0.25, 0.3) is 10.8 Å². The first-order valence-electron chi connectivity index (χ1n) is 15.3. The first kappa shape index (κ1) is 30.1. The van der Waals surface area contributed by atoms with E-state index in [1.807, 2.05) is 19.9 Å². The number of carbonyl (C=O) groups excluding carboxylic acids is 3. The van der Waals surface area contributed by atoms with Gasteiger partial charge in [0.15, 0.2) is 0 Å². The third-order valence-corrected chi connectivity index (χ3v) is 10.0. The van der Waals surface area contributed by atoms with E-state index in [4.69, 9.17) is 4.98 Å². The van der Waals surface area contributed by atoms with E-state index in [-0.39, 0.29) is 41.5 Å². The quantitative estimate of drug-likeness (QED) is 0.298. The molecule has 3 aliphatic rings. The van der Waals surface area contributed by atoms with Crippen molar-refractivity contribution >= 4 is 38.5 Å². The highest BCUT2D eigenvalue weighted by molar-refractivity contribution is 7.89. The fourth-order valence-electron chi connectivity index (χ4n) is 6.13. The number of hydrogen-bond acceptors (Lipinski definition) is 7. The Morgan fingerprint density at radius 3 is 2.59 bits per heavy atom. The van der Waals surface area contributed by atoms with Gasteiger partial charge in [0.2, 0.25) is 21.8 Å². The van der Waals surface area contributed by atoms with Crippen molar-refractivity contribution in [2.75, 3.05) is 19.6 Å². The maximum atomic E-state index is 13.8. The zero-order valence-corrected chi connectivity index (χ0v) is 25.8. The smallest absolute Gasteiger partial charge is 0.253 e. The van der Waals surface area contributed by atoms with Gasteiger partial charge in [0.25, 0.3) is 5.91 Å². The van der Waals surface area contributed by atoms with Gasteiger partial charge in [-0.1, -0.05) is 13.8 Å². The molecule has 1 saturated heterocycles. The molecule has 0 unspecified atom stereocenters. The summed E-state index contributed by atoms with van der Waals surface area (Å²) in [5.74, 6) is -0.0899. The number of carbonyl (C=O) groups is 3. The highest BCUT2D eigenvalue weighted by Gasteiger charge is 2.38. The van der Waals surface area contributed by atoms with Gasteiger partial charge in [-0.2, -0.15) is 0 Å². The molecule has 11 nitrogen and oxygen atoms in total. The zero-order valence-electron chi connectivity index (χ0n) is 25.0. The van der Waals surface area contributed by atoms with E-state index in [0.29, 0.717) is 53.7 Å². The van der Waals surface area contributed by atoms with Gasteiger partial charge >= 0.3 is 0 Å². The summed E-state index contributed by atoms with van der Waals surface area (Å²) in [4.78, 5) is 49.1. The van der Waals surface area contributed by atoms with Crippen molar-refractivity contribution in [2.24, 2.45) is 5.92 Å². The third kappa shape index (κ3) is 6.32. The SMILES string of the molecule is CC(C)CNS(=O)(=O)c1cc2c(c3cnc(C4CC4)cc13)[C@H](NC(=O)CCN1CCCC1=O)C[C@H]2NC(=O)c1cccnc1. The van der Waals surface area contributed by atoms with E-state index in [1.165, 1.54) is 6.20 Å². The number of nitrogens with zero attached hydrogens (tertiary/aromatic N) is 3. The van der Waals surface area contributed by atoms with Crippen LogP contribution in [0.2, 0.25) is 0 Å². The number of fused-ring (bicyclic) bond motifs is 3. The van der Waals surface area contributed by atoms with Crippen molar-refractivity contribution in [2.45, 2.75) is 75.3 Å². The Hall–Kier alpha value is -3.90. The monoisotopic (exact) mass is 618 g/mol. The topological polar surface area (TPSA) is 150 Å². The van der Waals surface area contributed by atoms with Crippen LogP contribution in [0.5, 0.6) is 0 Å². The van der Waals surface area contributed by atoms with E-state index in [2.05, 4.69) is 20.3 Å². The van der Waals surface area contributed by atoms with E-state index in [0.717, 1.165) is 30.5 Å². The molecule has 0 spiro atoms. The molecule has 6 rings (SSSR count). The lowest BCUT2D eigenvalue weighted by Crippen LogP contribution is -2.33. The van der Waals surface area contributed by atoms with Crippen LogP contribution in [0.15, 0.2) is 47.8 Å². The fourth-order valence-corrected chi connectivity index (χ4v) is 7.58. The highest BCUT2D eigenvalue weighted by Crippen LogP contribution is 2.47. The summed E-state index contributed by atoms with van der Waals surface area (Å²) in [6.45, 7) is 5.16. The van der Waals surface area contributed by atoms with Crippen molar-refractivity contribution < 1.29 is 22.8 Å². The Morgan fingerprint density at radius 1 is 1.09 bits per heavy atom. The number of nitrogens with one attached hydrogen (secondary N) is 3. The maximum Gasteiger partial charge on any atom is 0.253 e. The van der Waals surface area contributed by atoms with E-state index >= 15 is 0 Å². The molecule has 3 heterocycles. The lowest BCUT2D eigenvalue weighted by Gasteiger charge is -2.20. The second-order valence-corrected chi connectivity index (χ2v) is 14.1. The second kappa shape index (κ2) is 12.2. The fraction of sp³-hybridized carbons (Fsp3) is 0.469. The number of rotatable bonds is 11. The maximum absolute atomic E-state index is 13.8. The Morgan fingerprint density at radius 2 is 1.91 bits per heavy atom. The third-order valence-electron chi connectivity index (χ3n) is 8.58. The van der Waals surface area contributed by atoms with Gasteiger partial charge in [-0.3, -0.25) is 24.4 Å². The molecule has 12 heteroatoms. The van der Waals surface area contributed by atoms with Crippen LogP contribution in [0.1, 0.15) is 97.6 Å². The van der Waals surface area contributed by atoms with Crippen LogP contribution >= 0.6 is 0 Å². The Balaban J connectivity index is 1.40. The molecular weight excluding hydrogens is 580 g/mol. The van der Waals surface area contributed by atoms with Gasteiger partial charge in [0.05, 0.1) is 22.5 Å². The van der Waals surface area contributed by atoms with Gasteiger partial charge in [0.1, 0.15) is 0 Å². The molecule has 3 aromatic rings. The minimum absolute atomic E-state index is 0.0607. The Kier molecular flexibility index (Phi) is 8.38. The predicted octanol–water partition coefficient (Wildman–Crippen LogP) is 3.49. The molecule has 3 amide bonds. The lowest BCUT2D eigenvalue weighted by molar-refractivity contribution is -0.128. The van der Waals surface area contributed by atoms with Crippen LogP contribution in [0.4, 0.5) is 0 Å². The highest BCUT2D eigenvalue weighted by atomic mass is 32.2. The van der Waals surface area contributed by atoms with Crippen LogP contribution in [0, 0.1) is 5.92 Å².